The molecule has 0 aromatic heterocycles. The van der Waals surface area contributed by atoms with E-state index in [0.29, 0.717) is 0 Å². The van der Waals surface area contributed by atoms with Crippen LogP contribution in [0.15, 0.2) is 0 Å². The van der Waals surface area contributed by atoms with Gasteiger partial charge in [0.25, 0.3) is 0 Å². The van der Waals surface area contributed by atoms with Gasteiger partial charge in [-0.1, -0.05) is 0 Å². The van der Waals surface area contributed by atoms with Crippen LogP contribution in [0.3, 0.4) is 0 Å². The van der Waals surface area contributed by atoms with Gasteiger partial charge in [-0.2, -0.15) is 0 Å². The van der Waals surface area contributed by atoms with Crippen LogP contribution in [-0.2, 0) is 38.1 Å². The molecule has 1 rings (SSSR count). The van der Waals surface area contributed by atoms with Crippen molar-refractivity contribution in [1.82, 2.24) is 5.32 Å². The number of ether oxygens (including phenoxy) is 4. The molecule has 0 aromatic rings. The average Bonchev–Trinajstić information content (AvgIpc) is 2.42. The highest BCUT2D eigenvalue weighted by molar-refractivity contribution is 7.80. The molecule has 1 saturated heterocycles. The number of rotatable bonds is 5. The second-order valence-corrected chi connectivity index (χ2v) is 5.75. The van der Waals surface area contributed by atoms with Crippen LogP contribution in [0.25, 0.3) is 0 Å². The molecule has 0 bridgehead atoms. The number of thiol groups is 1. The standard InChI is InChI=1S/C14H21NO8S/c1-6(16)15-11-13(22-9(4)19)12(21-8(3)18)10(23-14(11)24)5-20-7(2)17/h10-14,24H,5H2,1-4H3,(H,15,16)/t10?,11?,12-,13-,14+/m1/s1. The fourth-order valence-corrected chi connectivity index (χ4v) is 2.71. The monoisotopic (exact) mass is 363 g/mol. The van der Waals surface area contributed by atoms with Gasteiger partial charge in [-0.25, -0.2) is 0 Å². The molecule has 0 saturated carbocycles. The van der Waals surface area contributed by atoms with Crippen molar-refractivity contribution in [2.24, 2.45) is 0 Å². The Kier molecular flexibility index (Phi) is 7.49. The molecule has 0 aliphatic carbocycles. The maximum Gasteiger partial charge on any atom is 0.303 e. The fourth-order valence-electron chi connectivity index (χ4n) is 2.31. The summed E-state index contributed by atoms with van der Waals surface area (Å²) in [5.41, 5.74) is -0.870. The molecule has 0 aromatic carbocycles. The fraction of sp³-hybridized carbons (Fsp3) is 0.714. The minimum atomic E-state index is -1.08. The zero-order valence-electron chi connectivity index (χ0n) is 13.8. The predicted molar refractivity (Wildman–Crippen MR) is 83.0 cm³/mol. The van der Waals surface area contributed by atoms with Crippen molar-refractivity contribution in [2.75, 3.05) is 6.61 Å². The summed E-state index contributed by atoms with van der Waals surface area (Å²) in [6, 6.07) is -0.854. The SMILES string of the molecule is CC(=O)NC1[C@H](S)OC(COC(C)=O)[C@@H](OC(C)=O)[C@@H]1OC(C)=O. The molecule has 1 fully saturated rings. The van der Waals surface area contributed by atoms with E-state index in [0.717, 1.165) is 0 Å². The Labute approximate surface area is 144 Å². The van der Waals surface area contributed by atoms with Gasteiger partial charge in [0.1, 0.15) is 24.2 Å². The lowest BCUT2D eigenvalue weighted by atomic mass is 9.97. The number of nitrogens with one attached hydrogen (secondary N) is 1. The summed E-state index contributed by atoms with van der Waals surface area (Å²) in [6.45, 7) is 4.62. The van der Waals surface area contributed by atoms with Gasteiger partial charge in [0, 0.05) is 27.7 Å². The molecule has 2 unspecified atom stereocenters. The summed E-state index contributed by atoms with van der Waals surface area (Å²) in [5, 5.41) is 2.56. The van der Waals surface area contributed by atoms with Gasteiger partial charge in [0.15, 0.2) is 12.2 Å². The lowest BCUT2D eigenvalue weighted by Crippen LogP contribution is -2.64. The maximum atomic E-state index is 11.4. The molecule has 0 radical (unpaired) electrons. The van der Waals surface area contributed by atoms with E-state index >= 15 is 0 Å². The summed E-state index contributed by atoms with van der Waals surface area (Å²) >= 11 is 4.24. The zero-order valence-corrected chi connectivity index (χ0v) is 14.7. The molecule has 1 heterocycles. The van der Waals surface area contributed by atoms with Crippen LogP contribution in [0.5, 0.6) is 0 Å². The minimum absolute atomic E-state index is 0.227. The molecule has 9 nitrogen and oxygen atoms in total. The summed E-state index contributed by atoms with van der Waals surface area (Å²) in [7, 11) is 0. The Bertz CT molecular complexity index is 511. The molecule has 10 heteroatoms. The Morgan fingerprint density at radius 3 is 1.96 bits per heavy atom. The number of hydrogen-bond donors (Lipinski definition) is 2. The van der Waals surface area contributed by atoms with Crippen molar-refractivity contribution >= 4 is 36.4 Å². The van der Waals surface area contributed by atoms with Gasteiger partial charge in [-0.05, 0) is 0 Å². The molecule has 1 aliphatic rings. The maximum absolute atomic E-state index is 11.4. The zero-order chi connectivity index (χ0) is 18.4. The largest absolute Gasteiger partial charge is 0.463 e. The van der Waals surface area contributed by atoms with Crippen LogP contribution in [0.1, 0.15) is 27.7 Å². The summed E-state index contributed by atoms with van der Waals surface area (Å²) in [4.78, 5) is 45.2. The number of esters is 3. The molecule has 0 spiro atoms. The molecular formula is C14H21NO8S. The molecular weight excluding hydrogens is 342 g/mol. The van der Waals surface area contributed by atoms with E-state index in [1.807, 2.05) is 0 Å². The summed E-state index contributed by atoms with van der Waals surface area (Å²) < 4.78 is 20.9. The van der Waals surface area contributed by atoms with Crippen molar-refractivity contribution in [3.05, 3.63) is 0 Å². The first-order chi connectivity index (χ1) is 11.1. The molecule has 1 amide bonds. The van der Waals surface area contributed by atoms with Crippen LogP contribution in [0.2, 0.25) is 0 Å². The molecule has 136 valence electrons. The first-order valence-electron chi connectivity index (χ1n) is 7.20. The molecule has 1 N–H and O–H groups in total. The predicted octanol–water partition coefficient (Wildman–Crippen LogP) is -0.428. The normalized spacial score (nSPS) is 29.3. The third-order valence-electron chi connectivity index (χ3n) is 3.09. The number of hydrogen-bond acceptors (Lipinski definition) is 9. The van der Waals surface area contributed by atoms with Gasteiger partial charge >= 0.3 is 17.9 Å². The van der Waals surface area contributed by atoms with Crippen molar-refractivity contribution in [2.45, 2.75) is 57.5 Å². The Hall–Kier alpha value is -1.81. The minimum Gasteiger partial charge on any atom is -0.463 e. The van der Waals surface area contributed by atoms with E-state index < -0.39 is 53.6 Å². The van der Waals surface area contributed by atoms with Crippen LogP contribution in [0.4, 0.5) is 0 Å². The Morgan fingerprint density at radius 1 is 0.958 bits per heavy atom. The highest BCUT2D eigenvalue weighted by Gasteiger charge is 2.49. The third-order valence-corrected chi connectivity index (χ3v) is 3.53. The lowest BCUT2D eigenvalue weighted by Gasteiger charge is -2.43. The van der Waals surface area contributed by atoms with Crippen LogP contribution >= 0.6 is 12.6 Å². The van der Waals surface area contributed by atoms with E-state index in [1.165, 1.54) is 27.7 Å². The van der Waals surface area contributed by atoms with Gasteiger partial charge in [-0.3, -0.25) is 19.2 Å². The highest BCUT2D eigenvalue weighted by Crippen LogP contribution is 2.28. The Morgan fingerprint density at radius 2 is 1.50 bits per heavy atom. The summed E-state index contributed by atoms with van der Waals surface area (Å²) in [6.07, 6.45) is -3.03. The van der Waals surface area contributed by atoms with E-state index in [9.17, 15) is 19.2 Å². The van der Waals surface area contributed by atoms with Crippen molar-refractivity contribution in [1.29, 1.82) is 0 Å². The van der Waals surface area contributed by atoms with Gasteiger partial charge in [0.05, 0.1) is 0 Å². The number of carbonyl (C=O) groups excluding carboxylic acids is 4. The first-order valence-corrected chi connectivity index (χ1v) is 7.72. The molecule has 24 heavy (non-hydrogen) atoms. The first kappa shape index (κ1) is 20.2. The topological polar surface area (TPSA) is 117 Å². The van der Waals surface area contributed by atoms with Crippen LogP contribution in [-0.4, -0.2) is 60.2 Å². The van der Waals surface area contributed by atoms with Gasteiger partial charge in [-0.15, -0.1) is 12.6 Å². The van der Waals surface area contributed by atoms with Crippen LogP contribution in [0, 0.1) is 0 Å². The number of amides is 1. The third kappa shape index (κ3) is 6.00. The molecule has 1 aliphatic heterocycles. The lowest BCUT2D eigenvalue weighted by molar-refractivity contribution is -0.211. The number of carbonyl (C=O) groups is 4. The van der Waals surface area contributed by atoms with Gasteiger partial charge < -0.3 is 24.3 Å². The van der Waals surface area contributed by atoms with Crippen molar-refractivity contribution in [3.8, 4) is 0 Å². The molecule has 5 atom stereocenters. The average molecular weight is 363 g/mol. The summed E-state index contributed by atoms with van der Waals surface area (Å²) in [5.74, 6) is -2.24. The van der Waals surface area contributed by atoms with E-state index in [4.69, 9.17) is 18.9 Å². The second-order valence-electron chi connectivity index (χ2n) is 5.24. The van der Waals surface area contributed by atoms with E-state index in [-0.39, 0.29) is 6.61 Å². The van der Waals surface area contributed by atoms with E-state index in [1.54, 1.807) is 0 Å². The van der Waals surface area contributed by atoms with E-state index in [2.05, 4.69) is 17.9 Å². The van der Waals surface area contributed by atoms with Crippen molar-refractivity contribution < 1.29 is 38.1 Å². The second kappa shape index (κ2) is 8.88. The van der Waals surface area contributed by atoms with Gasteiger partial charge in [0.2, 0.25) is 5.91 Å². The van der Waals surface area contributed by atoms with Crippen molar-refractivity contribution in [3.63, 3.8) is 0 Å². The smallest absolute Gasteiger partial charge is 0.303 e. The quantitative estimate of drug-likeness (QED) is 0.384. The van der Waals surface area contributed by atoms with Crippen LogP contribution < -0.4 is 5.32 Å². The Balaban J connectivity index is 3.11. The highest BCUT2D eigenvalue weighted by atomic mass is 32.1.